The van der Waals surface area contributed by atoms with Gasteiger partial charge in [-0.15, -0.1) is 0 Å². The van der Waals surface area contributed by atoms with Crippen molar-refractivity contribution in [2.24, 2.45) is 0 Å². The fraction of sp³-hybridized carbons (Fsp3) is 0. The van der Waals surface area contributed by atoms with Crippen LogP contribution < -0.4 is 9.80 Å². The molecule has 12 rings (SSSR count). The van der Waals surface area contributed by atoms with Crippen LogP contribution in [-0.2, 0) is 0 Å². The Morgan fingerprint density at radius 3 is 0.933 bits per heavy atom. The van der Waals surface area contributed by atoms with Crippen LogP contribution in [0.4, 0.5) is 42.9 Å². The van der Waals surface area contributed by atoms with E-state index in [1.54, 1.807) is 36.9 Å². The average Bonchev–Trinajstić information content (AvgIpc) is 3.29. The molecule has 6 nitrogen and oxygen atoms in total. The van der Waals surface area contributed by atoms with Crippen molar-refractivity contribution >= 4 is 110 Å². The lowest BCUT2D eigenvalue weighted by atomic mass is 9.91. The molecule has 0 radical (unpaired) electrons. The Kier molecular flexibility index (Phi) is 7.49. The number of pyridine rings is 4. The third kappa shape index (κ3) is 5.31. The molecule has 0 saturated carbocycles. The Morgan fingerprint density at radius 2 is 0.617 bits per heavy atom. The van der Waals surface area contributed by atoms with Gasteiger partial charge in [-0.25, -0.2) is 8.78 Å². The van der Waals surface area contributed by atoms with Gasteiger partial charge in [-0.1, -0.05) is 72.8 Å². The number of aromatic nitrogens is 4. The molecular formula is C52H30F2N6. The van der Waals surface area contributed by atoms with Crippen LogP contribution in [0.3, 0.4) is 0 Å². The lowest BCUT2D eigenvalue weighted by Gasteiger charge is -2.30. The molecule has 8 aromatic carbocycles. The fourth-order valence-electron chi connectivity index (χ4n) is 8.87. The van der Waals surface area contributed by atoms with E-state index in [4.69, 9.17) is 0 Å². The van der Waals surface area contributed by atoms with Gasteiger partial charge >= 0.3 is 0 Å². The highest BCUT2D eigenvalue weighted by atomic mass is 19.1. The van der Waals surface area contributed by atoms with Crippen LogP contribution in [0.1, 0.15) is 0 Å². The molecule has 0 bridgehead atoms. The van der Waals surface area contributed by atoms with E-state index in [0.29, 0.717) is 32.9 Å². The smallest absolute Gasteiger partial charge is 0.133 e. The van der Waals surface area contributed by atoms with Gasteiger partial charge in [-0.3, -0.25) is 19.9 Å². The van der Waals surface area contributed by atoms with Crippen molar-refractivity contribution < 1.29 is 8.78 Å². The Labute approximate surface area is 341 Å². The van der Waals surface area contributed by atoms with Gasteiger partial charge in [-0.2, -0.15) is 0 Å². The van der Waals surface area contributed by atoms with Crippen molar-refractivity contribution in [3.8, 4) is 0 Å². The first-order valence-electron chi connectivity index (χ1n) is 19.6. The molecule has 282 valence electrons. The first-order chi connectivity index (χ1) is 29.6. The van der Waals surface area contributed by atoms with E-state index in [2.05, 4.69) is 19.9 Å². The van der Waals surface area contributed by atoms with Gasteiger partial charge in [0.1, 0.15) is 11.6 Å². The Bertz CT molecular complexity index is 3280. The lowest BCUT2D eigenvalue weighted by molar-refractivity contribution is 0.639. The van der Waals surface area contributed by atoms with Gasteiger partial charge in [0.05, 0.1) is 33.4 Å². The summed E-state index contributed by atoms with van der Waals surface area (Å²) < 4.78 is 34.0. The molecule has 0 aliphatic rings. The summed E-state index contributed by atoms with van der Waals surface area (Å²) in [5, 5.41) is 7.53. The molecule has 0 spiro atoms. The number of hydrogen-bond acceptors (Lipinski definition) is 6. The van der Waals surface area contributed by atoms with Crippen molar-refractivity contribution in [1.82, 2.24) is 19.9 Å². The standard InChI is InChI=1S/C52H30F2N6/c53-43-29-49(59(35-13-9-31-5-1-21-55-45(31)25-35)36-14-10-32-6-2-22-56-46(32)26-36)41-19-17-40-44(54)30-50(42-20-18-39(43)51(41)52(40)42)60(37-15-11-33-7-3-23-57-47(33)27-37)38-16-12-34-8-4-24-58-48(34)28-38/h1-30H. The third-order valence-electron chi connectivity index (χ3n) is 11.6. The predicted molar refractivity (Wildman–Crippen MR) is 241 cm³/mol. The summed E-state index contributed by atoms with van der Waals surface area (Å²) in [4.78, 5) is 22.7. The monoisotopic (exact) mass is 776 g/mol. The summed E-state index contributed by atoms with van der Waals surface area (Å²) in [5.41, 5.74) is 7.57. The van der Waals surface area contributed by atoms with E-state index in [1.807, 2.05) is 155 Å². The Hall–Kier alpha value is -8.10. The number of benzene rings is 8. The summed E-state index contributed by atoms with van der Waals surface area (Å²) in [6, 6.07) is 50.6. The number of anilines is 6. The summed E-state index contributed by atoms with van der Waals surface area (Å²) in [6.07, 6.45) is 7.07. The molecule has 4 aromatic heterocycles. The van der Waals surface area contributed by atoms with Gasteiger partial charge < -0.3 is 9.80 Å². The zero-order valence-corrected chi connectivity index (χ0v) is 31.8. The minimum Gasteiger partial charge on any atom is -0.310 e. The molecular weight excluding hydrogens is 747 g/mol. The van der Waals surface area contributed by atoms with Gasteiger partial charge in [0.2, 0.25) is 0 Å². The highest BCUT2D eigenvalue weighted by Gasteiger charge is 2.26. The molecule has 60 heavy (non-hydrogen) atoms. The van der Waals surface area contributed by atoms with Crippen molar-refractivity contribution in [3.05, 3.63) is 194 Å². The number of halogens is 2. The Balaban J connectivity index is 1.15. The predicted octanol–water partition coefficient (Wildman–Crippen LogP) is 14.0. The molecule has 0 aliphatic carbocycles. The summed E-state index contributed by atoms with van der Waals surface area (Å²) >= 11 is 0. The third-order valence-corrected chi connectivity index (χ3v) is 11.6. The van der Waals surface area contributed by atoms with E-state index in [9.17, 15) is 0 Å². The molecule has 0 aliphatic heterocycles. The number of rotatable bonds is 6. The average molecular weight is 777 g/mol. The maximum absolute atomic E-state index is 17.0. The number of hydrogen-bond donors (Lipinski definition) is 0. The van der Waals surface area contributed by atoms with Crippen LogP contribution in [-0.4, -0.2) is 19.9 Å². The molecule has 8 heteroatoms. The minimum atomic E-state index is -0.418. The number of nitrogens with zero attached hydrogens (tertiary/aromatic N) is 6. The van der Waals surface area contributed by atoms with Gasteiger partial charge in [0.15, 0.2) is 0 Å². The molecule has 0 amide bonds. The highest BCUT2D eigenvalue weighted by molar-refractivity contribution is 6.28. The second kappa shape index (κ2) is 13.2. The fourth-order valence-corrected chi connectivity index (χ4v) is 8.87. The lowest BCUT2D eigenvalue weighted by Crippen LogP contribution is -2.12. The summed E-state index contributed by atoms with van der Waals surface area (Å²) in [5.74, 6) is -0.836. The first kappa shape index (κ1) is 34.0. The van der Waals surface area contributed by atoms with Crippen LogP contribution in [0.15, 0.2) is 183 Å². The van der Waals surface area contributed by atoms with Crippen LogP contribution in [0, 0.1) is 11.6 Å². The van der Waals surface area contributed by atoms with Crippen LogP contribution in [0.2, 0.25) is 0 Å². The molecule has 4 heterocycles. The van der Waals surface area contributed by atoms with Crippen molar-refractivity contribution in [2.75, 3.05) is 9.80 Å². The topological polar surface area (TPSA) is 58.0 Å². The van der Waals surface area contributed by atoms with Gasteiger partial charge in [0.25, 0.3) is 0 Å². The normalized spacial score (nSPS) is 11.8. The quantitative estimate of drug-likeness (QED) is 0.157. The van der Waals surface area contributed by atoms with E-state index < -0.39 is 11.6 Å². The van der Waals surface area contributed by atoms with E-state index in [1.165, 1.54) is 0 Å². The molecule has 0 N–H and O–H groups in total. The van der Waals surface area contributed by atoms with Crippen LogP contribution in [0.5, 0.6) is 0 Å². The largest absolute Gasteiger partial charge is 0.310 e. The first-order valence-corrected chi connectivity index (χ1v) is 19.6. The molecule has 0 saturated heterocycles. The van der Waals surface area contributed by atoms with Gasteiger partial charge in [-0.05, 0) is 84.9 Å². The highest BCUT2D eigenvalue weighted by Crippen LogP contribution is 2.49. The van der Waals surface area contributed by atoms with Crippen molar-refractivity contribution in [2.45, 2.75) is 0 Å². The van der Waals surface area contributed by atoms with Crippen LogP contribution in [0.25, 0.3) is 75.9 Å². The maximum Gasteiger partial charge on any atom is 0.133 e. The number of fused-ring (bicyclic) bond motifs is 4. The SMILES string of the molecule is Fc1cc(N(c2ccc3cccnc3c2)c2ccc3cccnc3c2)c2ccc3c(F)cc(N(c4ccc5cccnc5c4)c4ccc5cccnc5c4)c4ccc1c2c34. The zero-order valence-electron chi connectivity index (χ0n) is 31.8. The summed E-state index contributed by atoms with van der Waals surface area (Å²) in [6.45, 7) is 0. The summed E-state index contributed by atoms with van der Waals surface area (Å²) in [7, 11) is 0. The molecule has 0 fully saturated rings. The van der Waals surface area contributed by atoms with E-state index in [0.717, 1.165) is 77.1 Å². The van der Waals surface area contributed by atoms with E-state index in [-0.39, 0.29) is 0 Å². The second-order valence-corrected chi connectivity index (χ2v) is 15.0. The van der Waals surface area contributed by atoms with Gasteiger partial charge in [0, 0.05) is 101 Å². The van der Waals surface area contributed by atoms with Crippen molar-refractivity contribution in [3.63, 3.8) is 0 Å². The molecule has 0 atom stereocenters. The molecule has 12 aromatic rings. The van der Waals surface area contributed by atoms with Crippen LogP contribution >= 0.6 is 0 Å². The zero-order chi connectivity index (χ0) is 39.9. The maximum atomic E-state index is 17.0. The van der Waals surface area contributed by atoms with Crippen molar-refractivity contribution in [1.29, 1.82) is 0 Å². The minimum absolute atomic E-state index is 0.403. The molecule has 0 unspecified atom stereocenters. The second-order valence-electron chi connectivity index (χ2n) is 15.0. The van der Waals surface area contributed by atoms with E-state index >= 15 is 8.78 Å². The Morgan fingerprint density at radius 1 is 0.317 bits per heavy atom.